The minimum absolute atomic E-state index is 0.0822. The Kier molecular flexibility index (Phi) is 5.71. The summed E-state index contributed by atoms with van der Waals surface area (Å²) in [5.41, 5.74) is 7.29. The van der Waals surface area contributed by atoms with E-state index in [1.807, 2.05) is 4.90 Å². The normalized spacial score (nSPS) is 29.4. The minimum atomic E-state index is -0.824. The van der Waals surface area contributed by atoms with E-state index in [2.05, 4.69) is 15.8 Å². The Labute approximate surface area is 159 Å². The topological polar surface area (TPSA) is 47.6 Å². The van der Waals surface area contributed by atoms with Crippen molar-refractivity contribution in [1.82, 2.24) is 20.7 Å². The number of piperidine rings is 1. The number of hydrazine groups is 1. The molecule has 3 heterocycles. The van der Waals surface area contributed by atoms with Crippen LogP contribution in [-0.2, 0) is 4.79 Å². The van der Waals surface area contributed by atoms with Crippen LogP contribution >= 0.6 is 0 Å². The standard InChI is InChI=1S/C20H28F2N4O/c21-16-6-5-14(11-17(16)22)20-15-12-25(10-7-18(15)23-24-20)13-19(27)26-8-3-1-2-4-9-26/h5-6,11,15,18,20,23-24H,1-4,7-10,12-13H2. The predicted molar refractivity (Wildman–Crippen MR) is 98.8 cm³/mol. The lowest BCUT2D eigenvalue weighted by Crippen LogP contribution is -2.49. The van der Waals surface area contributed by atoms with Crippen LogP contribution in [0.4, 0.5) is 8.78 Å². The number of hydrogen-bond donors (Lipinski definition) is 2. The summed E-state index contributed by atoms with van der Waals surface area (Å²) in [7, 11) is 0. The first-order chi connectivity index (χ1) is 13.1. The number of halogens is 2. The van der Waals surface area contributed by atoms with Gasteiger partial charge in [0.15, 0.2) is 11.6 Å². The van der Waals surface area contributed by atoms with E-state index in [9.17, 15) is 13.6 Å². The molecule has 1 aromatic rings. The average Bonchev–Trinajstić information content (AvgIpc) is 2.88. The molecule has 3 atom stereocenters. The van der Waals surface area contributed by atoms with Crippen LogP contribution in [0.15, 0.2) is 18.2 Å². The summed E-state index contributed by atoms with van der Waals surface area (Å²) in [6.45, 7) is 3.85. The molecule has 27 heavy (non-hydrogen) atoms. The Bertz CT molecular complexity index is 678. The number of benzene rings is 1. The fraction of sp³-hybridized carbons (Fsp3) is 0.650. The van der Waals surface area contributed by atoms with Crippen molar-refractivity contribution in [2.24, 2.45) is 5.92 Å². The molecular weight excluding hydrogens is 350 g/mol. The molecule has 0 aliphatic carbocycles. The maximum absolute atomic E-state index is 13.7. The third kappa shape index (κ3) is 4.15. The Morgan fingerprint density at radius 2 is 1.81 bits per heavy atom. The third-order valence-corrected chi connectivity index (χ3v) is 6.21. The Balaban J connectivity index is 1.40. The summed E-state index contributed by atoms with van der Waals surface area (Å²) in [5.74, 6) is -1.20. The molecule has 0 bridgehead atoms. The first-order valence-electron chi connectivity index (χ1n) is 10.1. The highest BCUT2D eigenvalue weighted by molar-refractivity contribution is 5.78. The summed E-state index contributed by atoms with van der Waals surface area (Å²) >= 11 is 0. The number of hydrogen-bond acceptors (Lipinski definition) is 4. The zero-order valence-corrected chi connectivity index (χ0v) is 15.6. The number of rotatable bonds is 3. The summed E-state index contributed by atoms with van der Waals surface area (Å²) < 4.78 is 26.9. The number of likely N-dealkylation sites (tertiary alicyclic amines) is 2. The Hall–Kier alpha value is -1.57. The maximum Gasteiger partial charge on any atom is 0.236 e. The number of carbonyl (C=O) groups is 1. The van der Waals surface area contributed by atoms with Crippen LogP contribution in [0.1, 0.15) is 43.7 Å². The number of fused-ring (bicyclic) bond motifs is 1. The highest BCUT2D eigenvalue weighted by atomic mass is 19.2. The third-order valence-electron chi connectivity index (χ3n) is 6.21. The van der Waals surface area contributed by atoms with Crippen LogP contribution in [0.2, 0.25) is 0 Å². The Morgan fingerprint density at radius 3 is 2.56 bits per heavy atom. The molecule has 1 amide bonds. The summed E-state index contributed by atoms with van der Waals surface area (Å²) in [4.78, 5) is 16.9. The lowest BCUT2D eigenvalue weighted by Gasteiger charge is -2.36. The number of nitrogens with one attached hydrogen (secondary N) is 2. The van der Waals surface area contributed by atoms with Gasteiger partial charge in [-0.2, -0.15) is 0 Å². The van der Waals surface area contributed by atoms with Gasteiger partial charge in [-0.15, -0.1) is 0 Å². The van der Waals surface area contributed by atoms with Crippen LogP contribution in [0, 0.1) is 17.6 Å². The van der Waals surface area contributed by atoms with E-state index < -0.39 is 11.6 Å². The van der Waals surface area contributed by atoms with Crippen LogP contribution < -0.4 is 10.9 Å². The van der Waals surface area contributed by atoms with Crippen LogP contribution in [0.3, 0.4) is 0 Å². The lowest BCUT2D eigenvalue weighted by atomic mass is 9.85. The largest absolute Gasteiger partial charge is 0.342 e. The SMILES string of the molecule is O=C(CN1CCC2NNC(c3ccc(F)c(F)c3)C2C1)N1CCCCCC1. The van der Waals surface area contributed by atoms with Gasteiger partial charge < -0.3 is 4.90 Å². The molecule has 0 radical (unpaired) electrons. The van der Waals surface area contributed by atoms with Crippen molar-refractivity contribution in [3.05, 3.63) is 35.4 Å². The van der Waals surface area contributed by atoms with Crippen molar-refractivity contribution < 1.29 is 13.6 Å². The van der Waals surface area contributed by atoms with Gasteiger partial charge in [-0.3, -0.25) is 15.1 Å². The van der Waals surface area contributed by atoms with Gasteiger partial charge >= 0.3 is 0 Å². The van der Waals surface area contributed by atoms with Gasteiger partial charge in [-0.25, -0.2) is 14.2 Å². The van der Waals surface area contributed by atoms with Crippen molar-refractivity contribution in [2.45, 2.75) is 44.2 Å². The summed E-state index contributed by atoms with van der Waals surface area (Å²) in [5, 5.41) is 0. The maximum atomic E-state index is 13.7. The van der Waals surface area contributed by atoms with Gasteiger partial charge in [0.25, 0.3) is 0 Å². The lowest BCUT2D eigenvalue weighted by molar-refractivity contribution is -0.132. The van der Waals surface area contributed by atoms with Gasteiger partial charge in [0, 0.05) is 38.1 Å². The molecule has 1 aromatic carbocycles. The molecule has 0 aromatic heterocycles. The molecule has 148 valence electrons. The molecule has 2 N–H and O–H groups in total. The molecule has 3 aliphatic heterocycles. The monoisotopic (exact) mass is 378 g/mol. The molecule has 3 saturated heterocycles. The van der Waals surface area contributed by atoms with E-state index >= 15 is 0 Å². The van der Waals surface area contributed by atoms with Crippen molar-refractivity contribution in [3.8, 4) is 0 Å². The molecule has 0 spiro atoms. The van der Waals surface area contributed by atoms with Crippen LogP contribution in [0.5, 0.6) is 0 Å². The van der Waals surface area contributed by atoms with E-state index in [0.717, 1.165) is 51.0 Å². The van der Waals surface area contributed by atoms with E-state index in [-0.39, 0.29) is 23.9 Å². The predicted octanol–water partition coefficient (Wildman–Crippen LogP) is 2.21. The second-order valence-corrected chi connectivity index (χ2v) is 8.03. The van der Waals surface area contributed by atoms with E-state index in [0.29, 0.717) is 6.54 Å². The van der Waals surface area contributed by atoms with Gasteiger partial charge in [0.2, 0.25) is 5.91 Å². The van der Waals surface area contributed by atoms with E-state index in [1.165, 1.54) is 25.0 Å². The fourth-order valence-electron chi connectivity index (χ4n) is 4.66. The highest BCUT2D eigenvalue weighted by Crippen LogP contribution is 2.34. The van der Waals surface area contributed by atoms with Gasteiger partial charge in [-0.05, 0) is 37.0 Å². The zero-order chi connectivity index (χ0) is 18.8. The van der Waals surface area contributed by atoms with Crippen LogP contribution in [0.25, 0.3) is 0 Å². The zero-order valence-electron chi connectivity index (χ0n) is 15.6. The molecule has 0 saturated carbocycles. The molecule has 3 fully saturated rings. The quantitative estimate of drug-likeness (QED) is 0.847. The van der Waals surface area contributed by atoms with Crippen molar-refractivity contribution in [1.29, 1.82) is 0 Å². The van der Waals surface area contributed by atoms with E-state index in [4.69, 9.17) is 0 Å². The first-order valence-corrected chi connectivity index (χ1v) is 10.1. The van der Waals surface area contributed by atoms with Crippen molar-refractivity contribution >= 4 is 5.91 Å². The molecular formula is C20H28F2N4O. The molecule has 7 heteroatoms. The van der Waals surface area contributed by atoms with Gasteiger partial charge in [0.05, 0.1) is 12.6 Å². The highest BCUT2D eigenvalue weighted by Gasteiger charge is 2.41. The smallest absolute Gasteiger partial charge is 0.236 e. The first kappa shape index (κ1) is 18.8. The Morgan fingerprint density at radius 1 is 1.04 bits per heavy atom. The van der Waals surface area contributed by atoms with Crippen molar-refractivity contribution in [3.63, 3.8) is 0 Å². The number of nitrogens with zero attached hydrogens (tertiary/aromatic N) is 2. The van der Waals surface area contributed by atoms with Gasteiger partial charge in [0.1, 0.15) is 0 Å². The summed E-state index contributed by atoms with van der Waals surface area (Å²) in [6, 6.07) is 4.30. The van der Waals surface area contributed by atoms with Gasteiger partial charge in [-0.1, -0.05) is 18.9 Å². The average molecular weight is 378 g/mol. The summed E-state index contributed by atoms with van der Waals surface area (Å²) in [6.07, 6.45) is 5.56. The number of amides is 1. The van der Waals surface area contributed by atoms with Crippen LogP contribution in [-0.4, -0.2) is 54.5 Å². The molecule has 3 aliphatic rings. The molecule has 5 nitrogen and oxygen atoms in total. The van der Waals surface area contributed by atoms with Crippen molar-refractivity contribution in [2.75, 3.05) is 32.7 Å². The second kappa shape index (κ2) is 8.20. The molecule has 3 unspecified atom stereocenters. The number of carbonyl (C=O) groups excluding carboxylic acids is 1. The second-order valence-electron chi connectivity index (χ2n) is 8.03. The fourth-order valence-corrected chi connectivity index (χ4v) is 4.66. The van der Waals surface area contributed by atoms with E-state index in [1.54, 1.807) is 6.07 Å². The molecule has 4 rings (SSSR count). The minimum Gasteiger partial charge on any atom is -0.342 e.